The highest BCUT2D eigenvalue weighted by Gasteiger charge is 2.34. The van der Waals surface area contributed by atoms with Crippen LogP contribution in [0.2, 0.25) is 0 Å². The van der Waals surface area contributed by atoms with Gasteiger partial charge in [0, 0.05) is 24.4 Å². The maximum absolute atomic E-state index is 12.9. The second-order valence-electron chi connectivity index (χ2n) is 6.66. The largest absolute Gasteiger partial charge is 0.431 e. The Morgan fingerprint density at radius 3 is 2.61 bits per heavy atom. The average Bonchev–Trinajstić information content (AvgIpc) is 2.75. The average molecular weight is 429 g/mol. The number of allylic oxidation sites excluding steroid dienone is 2. The van der Waals surface area contributed by atoms with E-state index in [4.69, 9.17) is 11.1 Å². The van der Waals surface area contributed by atoms with Crippen molar-refractivity contribution in [3.8, 4) is 0 Å². The van der Waals surface area contributed by atoms with E-state index < -0.39 is 23.0 Å². The Hall–Kier alpha value is -3.95. The van der Waals surface area contributed by atoms with Crippen LogP contribution in [0.15, 0.2) is 59.3 Å². The van der Waals surface area contributed by atoms with Gasteiger partial charge in [-0.3, -0.25) is 14.2 Å². The molecule has 7 nitrogen and oxygen atoms in total. The third-order valence-electron chi connectivity index (χ3n) is 4.65. The van der Waals surface area contributed by atoms with Crippen molar-refractivity contribution in [2.45, 2.75) is 12.7 Å². The molecular weight excluding hydrogens is 411 g/mol. The number of carbonyl (C=O) groups excluding carboxylic acids is 1. The minimum absolute atomic E-state index is 0.0280. The molecule has 0 aliphatic carbocycles. The van der Waals surface area contributed by atoms with Gasteiger partial charge in [0.1, 0.15) is 5.70 Å². The molecule has 160 valence electrons. The molecule has 1 amide bonds. The lowest BCUT2D eigenvalue weighted by atomic mass is 10.0. The summed E-state index contributed by atoms with van der Waals surface area (Å²) in [7, 11) is 1.52. The summed E-state index contributed by atoms with van der Waals surface area (Å²) in [5, 5.41) is 10.0. The lowest BCUT2D eigenvalue weighted by Gasteiger charge is -2.12. The van der Waals surface area contributed by atoms with Crippen molar-refractivity contribution in [2.24, 2.45) is 5.73 Å². The number of rotatable bonds is 5. The molecule has 0 radical (unpaired) electrons. The molecule has 0 atom stereocenters. The Balaban J connectivity index is 2.01. The number of nitrogens with zero attached hydrogens (tertiary/aromatic N) is 2. The smallest absolute Gasteiger partial charge is 0.394 e. The molecule has 2 aromatic carbocycles. The van der Waals surface area contributed by atoms with E-state index in [2.05, 4.69) is 10.3 Å². The van der Waals surface area contributed by atoms with Crippen LogP contribution in [0.25, 0.3) is 16.5 Å². The summed E-state index contributed by atoms with van der Waals surface area (Å²) in [4.78, 5) is 28.8. The van der Waals surface area contributed by atoms with Gasteiger partial charge in [0.2, 0.25) is 0 Å². The topological polar surface area (TPSA) is 114 Å². The van der Waals surface area contributed by atoms with Crippen LogP contribution in [-0.4, -0.2) is 34.9 Å². The fraction of sp³-hybridized carbons (Fsp3) is 0.143. The number of hydrogen-bond acceptors (Lipinski definition) is 5. The van der Waals surface area contributed by atoms with Gasteiger partial charge in [-0.1, -0.05) is 18.2 Å². The number of nitrogens with one attached hydrogen (secondary N) is 2. The van der Waals surface area contributed by atoms with Crippen molar-refractivity contribution in [3.05, 3.63) is 81.5 Å². The Kier molecular flexibility index (Phi) is 5.91. The summed E-state index contributed by atoms with van der Waals surface area (Å²) in [5.41, 5.74) is 4.20. The first-order valence-corrected chi connectivity index (χ1v) is 9.03. The number of amides is 1. The van der Waals surface area contributed by atoms with Gasteiger partial charge in [0.15, 0.2) is 0 Å². The molecule has 10 heteroatoms. The summed E-state index contributed by atoms with van der Waals surface area (Å²) in [6, 6.07) is 10.7. The molecule has 3 rings (SSSR count). The van der Waals surface area contributed by atoms with Crippen LogP contribution in [0, 0.1) is 5.41 Å². The van der Waals surface area contributed by atoms with Crippen LogP contribution in [-0.2, 0) is 6.54 Å². The first kappa shape index (κ1) is 21.8. The van der Waals surface area contributed by atoms with Crippen LogP contribution in [0.5, 0.6) is 0 Å². The third-order valence-corrected chi connectivity index (χ3v) is 4.65. The highest BCUT2D eigenvalue weighted by Crippen LogP contribution is 2.28. The van der Waals surface area contributed by atoms with Crippen LogP contribution in [0.4, 0.5) is 13.2 Å². The maximum Gasteiger partial charge on any atom is 0.431 e. The molecule has 0 aliphatic heterocycles. The highest BCUT2D eigenvalue weighted by atomic mass is 19.4. The van der Waals surface area contributed by atoms with Crippen molar-refractivity contribution < 1.29 is 18.0 Å². The molecule has 31 heavy (non-hydrogen) atoms. The number of hydrogen-bond donors (Lipinski definition) is 3. The van der Waals surface area contributed by atoms with Crippen molar-refractivity contribution >= 4 is 28.6 Å². The Morgan fingerprint density at radius 2 is 1.97 bits per heavy atom. The van der Waals surface area contributed by atoms with E-state index in [1.54, 1.807) is 24.3 Å². The fourth-order valence-electron chi connectivity index (χ4n) is 3.06. The zero-order valence-corrected chi connectivity index (χ0v) is 16.3. The number of carbonyl (C=O) groups is 1. The second-order valence-corrected chi connectivity index (χ2v) is 6.66. The predicted molar refractivity (Wildman–Crippen MR) is 111 cm³/mol. The van der Waals surface area contributed by atoms with Crippen LogP contribution in [0.1, 0.15) is 21.5 Å². The summed E-state index contributed by atoms with van der Waals surface area (Å²) < 4.78 is 40.1. The Morgan fingerprint density at radius 1 is 1.23 bits per heavy atom. The van der Waals surface area contributed by atoms with Gasteiger partial charge in [-0.15, -0.1) is 0 Å². The molecule has 0 spiro atoms. The van der Waals surface area contributed by atoms with Crippen molar-refractivity contribution in [3.63, 3.8) is 0 Å². The summed E-state index contributed by atoms with van der Waals surface area (Å²) >= 11 is 0. The summed E-state index contributed by atoms with van der Waals surface area (Å²) in [6.07, 6.45) is -2.99. The normalized spacial score (nSPS) is 12.4. The van der Waals surface area contributed by atoms with Gasteiger partial charge in [-0.05, 0) is 35.4 Å². The van der Waals surface area contributed by atoms with Gasteiger partial charge < -0.3 is 16.5 Å². The predicted octanol–water partition coefficient (Wildman–Crippen LogP) is 2.69. The Labute approximate surface area is 174 Å². The van der Waals surface area contributed by atoms with Crippen LogP contribution in [0.3, 0.4) is 0 Å². The minimum atomic E-state index is -4.79. The van der Waals surface area contributed by atoms with Gasteiger partial charge in [-0.25, -0.2) is 4.98 Å². The van der Waals surface area contributed by atoms with Crippen molar-refractivity contribution in [1.29, 1.82) is 5.41 Å². The zero-order chi connectivity index (χ0) is 22.8. The number of benzene rings is 2. The fourth-order valence-corrected chi connectivity index (χ4v) is 3.06. The van der Waals surface area contributed by atoms with E-state index in [0.29, 0.717) is 17.3 Å². The van der Waals surface area contributed by atoms with Gasteiger partial charge in [0.25, 0.3) is 11.5 Å². The molecular formula is C21H18F3N5O2. The first-order chi connectivity index (χ1) is 14.7. The number of alkyl halides is 3. The molecule has 3 aromatic rings. The van der Waals surface area contributed by atoms with E-state index >= 15 is 0 Å². The molecule has 0 saturated carbocycles. The standard InChI is InChI=1S/C21H18F3N5O2/c1-27-19(30)14-4-2-3-12(7-14)10-29-11-28-17-8-13(5-6-15(17)20(29)31)16(9-25)18(26)21(22,23)24/h2-9,11,25H,10,26H2,1H3,(H,27,30)/b18-16+,25-9?. The highest BCUT2D eigenvalue weighted by molar-refractivity contribution is 6.10. The SMILES string of the molecule is CNC(=O)c1cccc(Cn2cnc3cc(/C(C=N)=C(/N)C(F)(F)F)ccc3c2=O)c1. The lowest BCUT2D eigenvalue weighted by molar-refractivity contribution is -0.0918. The minimum Gasteiger partial charge on any atom is -0.394 e. The molecule has 1 aromatic heterocycles. The number of nitrogens with two attached hydrogens (primary N) is 1. The lowest BCUT2D eigenvalue weighted by Crippen LogP contribution is -2.23. The molecule has 0 bridgehead atoms. The van der Waals surface area contributed by atoms with Crippen LogP contribution < -0.4 is 16.6 Å². The quantitative estimate of drug-likeness (QED) is 0.541. The molecule has 1 heterocycles. The first-order valence-electron chi connectivity index (χ1n) is 9.03. The summed E-state index contributed by atoms with van der Waals surface area (Å²) in [6.45, 7) is 0.154. The van der Waals surface area contributed by atoms with E-state index in [-0.39, 0.29) is 28.9 Å². The molecule has 0 saturated heterocycles. The van der Waals surface area contributed by atoms with Crippen molar-refractivity contribution in [2.75, 3.05) is 7.05 Å². The van der Waals surface area contributed by atoms with Crippen molar-refractivity contribution in [1.82, 2.24) is 14.9 Å². The summed E-state index contributed by atoms with van der Waals surface area (Å²) in [5.74, 6) is -0.258. The van der Waals surface area contributed by atoms with Gasteiger partial charge >= 0.3 is 6.18 Å². The number of fused-ring (bicyclic) bond motifs is 1. The molecule has 0 fully saturated rings. The number of aromatic nitrogens is 2. The maximum atomic E-state index is 12.9. The van der Waals surface area contributed by atoms with Gasteiger partial charge in [-0.2, -0.15) is 13.2 Å². The monoisotopic (exact) mass is 429 g/mol. The molecule has 4 N–H and O–H groups in total. The Bertz CT molecular complexity index is 1260. The third kappa shape index (κ3) is 4.47. The number of halogens is 3. The molecule has 0 unspecified atom stereocenters. The van der Waals surface area contributed by atoms with E-state index in [0.717, 1.165) is 0 Å². The van der Waals surface area contributed by atoms with E-state index in [9.17, 15) is 22.8 Å². The zero-order valence-electron chi connectivity index (χ0n) is 16.3. The van der Waals surface area contributed by atoms with Gasteiger partial charge in [0.05, 0.1) is 23.8 Å². The van der Waals surface area contributed by atoms with Crippen LogP contribution >= 0.6 is 0 Å². The second kappa shape index (κ2) is 8.42. The van der Waals surface area contributed by atoms with E-state index in [1.165, 1.54) is 36.1 Å². The molecule has 0 aliphatic rings. The van der Waals surface area contributed by atoms with E-state index in [1.807, 2.05) is 0 Å².